The number of rotatable bonds is 8. The number of pyridine rings is 1. The van der Waals surface area contributed by atoms with E-state index in [1.54, 1.807) is 0 Å². The van der Waals surface area contributed by atoms with Crippen LogP contribution < -0.4 is 4.72 Å². The fourth-order valence-corrected chi connectivity index (χ4v) is 3.29. The molecule has 8 heteroatoms. The molecule has 0 aliphatic carbocycles. The Kier molecular flexibility index (Phi) is 7.39. The number of sulfonamides is 1. The smallest absolute Gasteiger partial charge is 0.243 e. The Morgan fingerprint density at radius 2 is 2.15 bits per heavy atom. The van der Waals surface area contributed by atoms with Crippen LogP contribution in [0, 0.1) is 5.92 Å². The predicted octanol–water partition coefficient (Wildman–Crippen LogP) is 2.84. The van der Waals surface area contributed by atoms with Gasteiger partial charge in [-0.1, -0.05) is 25.4 Å². The molecule has 0 aliphatic heterocycles. The van der Waals surface area contributed by atoms with Crippen LogP contribution in [0.4, 0.5) is 0 Å². The van der Waals surface area contributed by atoms with Crippen LogP contribution in [0.2, 0.25) is 5.15 Å². The molecule has 0 radical (unpaired) electrons. The molecule has 0 aliphatic rings. The number of aromatic nitrogens is 1. The standard InChI is InChI=1S/C12H18BrClN2O3S/c1-9(2)3-5-19-6-4-16-20(17,18)11-7-10(13)8-15-12(11)14/h7-9,16H,3-6H2,1-2H3. The fraction of sp³-hybridized carbons (Fsp3) is 0.583. The number of hydrogen-bond acceptors (Lipinski definition) is 4. The lowest BCUT2D eigenvalue weighted by molar-refractivity contribution is 0.128. The minimum absolute atomic E-state index is 0.0456. The summed E-state index contributed by atoms with van der Waals surface area (Å²) in [5.74, 6) is 0.568. The first kappa shape index (κ1) is 17.8. The third kappa shape index (κ3) is 6.05. The Labute approximate surface area is 133 Å². The summed E-state index contributed by atoms with van der Waals surface area (Å²) in [5.41, 5.74) is 0. The maximum atomic E-state index is 12.0. The first-order valence-corrected chi connectivity index (χ1v) is 8.87. The van der Waals surface area contributed by atoms with E-state index in [9.17, 15) is 8.42 Å². The second-order valence-electron chi connectivity index (χ2n) is 4.64. The molecule has 0 atom stereocenters. The van der Waals surface area contributed by atoms with Crippen LogP contribution in [0.1, 0.15) is 20.3 Å². The lowest BCUT2D eigenvalue weighted by Gasteiger charge is -2.09. The summed E-state index contributed by atoms with van der Waals surface area (Å²) in [7, 11) is -3.67. The number of halogens is 2. The topological polar surface area (TPSA) is 68.3 Å². The molecule has 0 spiro atoms. The summed E-state index contributed by atoms with van der Waals surface area (Å²) >= 11 is 8.96. The molecule has 1 N–H and O–H groups in total. The molecule has 0 saturated heterocycles. The monoisotopic (exact) mass is 384 g/mol. The Hall–Kier alpha value is -0.210. The van der Waals surface area contributed by atoms with Gasteiger partial charge in [0.25, 0.3) is 0 Å². The Balaban J connectivity index is 2.48. The van der Waals surface area contributed by atoms with Crippen LogP contribution in [0.5, 0.6) is 0 Å². The van der Waals surface area contributed by atoms with Crippen molar-refractivity contribution in [1.82, 2.24) is 9.71 Å². The van der Waals surface area contributed by atoms with E-state index in [0.29, 0.717) is 23.6 Å². The maximum Gasteiger partial charge on any atom is 0.243 e. The van der Waals surface area contributed by atoms with Gasteiger partial charge in [-0.2, -0.15) is 0 Å². The molecule has 1 aromatic heterocycles. The van der Waals surface area contributed by atoms with E-state index in [4.69, 9.17) is 16.3 Å². The zero-order valence-corrected chi connectivity index (χ0v) is 14.6. The molecule has 0 amide bonds. The van der Waals surface area contributed by atoms with Gasteiger partial charge in [0.05, 0.1) is 6.61 Å². The molecule has 5 nitrogen and oxygen atoms in total. The van der Waals surface area contributed by atoms with Crippen molar-refractivity contribution in [2.24, 2.45) is 5.92 Å². The number of nitrogens with zero attached hydrogens (tertiary/aromatic N) is 1. The summed E-state index contributed by atoms with van der Waals surface area (Å²) < 4.78 is 32.4. The van der Waals surface area contributed by atoms with Gasteiger partial charge in [0, 0.05) is 23.8 Å². The van der Waals surface area contributed by atoms with E-state index in [1.807, 2.05) is 0 Å². The van der Waals surface area contributed by atoms with E-state index in [-0.39, 0.29) is 16.6 Å². The molecule has 20 heavy (non-hydrogen) atoms. The Morgan fingerprint density at radius 1 is 1.45 bits per heavy atom. The van der Waals surface area contributed by atoms with Gasteiger partial charge in [0.15, 0.2) is 0 Å². The van der Waals surface area contributed by atoms with Crippen molar-refractivity contribution in [3.8, 4) is 0 Å². The van der Waals surface area contributed by atoms with Crippen LogP contribution in [0.15, 0.2) is 21.6 Å². The first-order valence-electron chi connectivity index (χ1n) is 6.21. The first-order chi connectivity index (χ1) is 9.33. The molecule has 1 aromatic rings. The molecule has 1 rings (SSSR count). The highest BCUT2D eigenvalue weighted by molar-refractivity contribution is 9.10. The summed E-state index contributed by atoms with van der Waals surface area (Å²) in [6, 6.07) is 1.41. The van der Waals surface area contributed by atoms with Gasteiger partial charge < -0.3 is 4.74 Å². The van der Waals surface area contributed by atoms with Crippen LogP contribution >= 0.6 is 27.5 Å². The van der Waals surface area contributed by atoms with E-state index in [1.165, 1.54) is 12.3 Å². The summed E-state index contributed by atoms with van der Waals surface area (Å²) in [5, 5.41) is -0.0542. The maximum absolute atomic E-state index is 12.0. The molecule has 0 bridgehead atoms. The molecule has 114 valence electrons. The second-order valence-corrected chi connectivity index (χ2v) is 7.64. The largest absolute Gasteiger partial charge is 0.380 e. The van der Waals surface area contributed by atoms with Gasteiger partial charge >= 0.3 is 0 Å². The number of nitrogens with one attached hydrogen (secondary N) is 1. The minimum Gasteiger partial charge on any atom is -0.380 e. The summed E-state index contributed by atoms with van der Waals surface area (Å²) in [6.07, 6.45) is 2.39. The van der Waals surface area contributed by atoms with Crippen molar-refractivity contribution in [2.45, 2.75) is 25.2 Å². The van der Waals surface area contributed by atoms with Gasteiger partial charge in [-0.3, -0.25) is 0 Å². The van der Waals surface area contributed by atoms with Crippen LogP contribution in [-0.2, 0) is 14.8 Å². The number of hydrogen-bond donors (Lipinski definition) is 1. The van der Waals surface area contributed by atoms with E-state index >= 15 is 0 Å². The highest BCUT2D eigenvalue weighted by Gasteiger charge is 2.18. The molecule has 0 aromatic carbocycles. The Bertz CT molecular complexity index is 538. The van der Waals surface area contributed by atoms with Gasteiger partial charge in [0.1, 0.15) is 10.0 Å². The van der Waals surface area contributed by atoms with E-state index in [0.717, 1.165) is 6.42 Å². The van der Waals surface area contributed by atoms with Crippen molar-refractivity contribution in [2.75, 3.05) is 19.8 Å². The van der Waals surface area contributed by atoms with Crippen LogP contribution in [0.25, 0.3) is 0 Å². The summed E-state index contributed by atoms with van der Waals surface area (Å²) in [4.78, 5) is 3.74. The van der Waals surface area contributed by atoms with Gasteiger partial charge in [-0.15, -0.1) is 0 Å². The van der Waals surface area contributed by atoms with Gasteiger partial charge in [0.2, 0.25) is 10.0 Å². The second kappa shape index (κ2) is 8.29. The molecule has 0 unspecified atom stereocenters. The average Bonchev–Trinajstić information content (AvgIpc) is 2.36. The summed E-state index contributed by atoms with van der Waals surface area (Å²) in [6.45, 7) is 5.36. The quantitative estimate of drug-likeness (QED) is 0.552. The normalized spacial score (nSPS) is 12.1. The SMILES string of the molecule is CC(C)CCOCCNS(=O)(=O)c1cc(Br)cnc1Cl. The molecule has 0 fully saturated rings. The van der Waals surface area contributed by atoms with E-state index in [2.05, 4.69) is 39.5 Å². The average molecular weight is 386 g/mol. The van der Waals surface area contributed by atoms with Crippen molar-refractivity contribution in [3.05, 3.63) is 21.9 Å². The minimum atomic E-state index is -3.67. The highest BCUT2D eigenvalue weighted by Crippen LogP contribution is 2.22. The fourth-order valence-electron chi connectivity index (χ4n) is 1.34. The lowest BCUT2D eigenvalue weighted by atomic mass is 10.1. The molecule has 1 heterocycles. The zero-order valence-electron chi connectivity index (χ0n) is 11.4. The van der Waals surface area contributed by atoms with Crippen LogP contribution in [-0.4, -0.2) is 33.2 Å². The zero-order chi connectivity index (χ0) is 15.2. The number of ether oxygens (including phenoxy) is 1. The van der Waals surface area contributed by atoms with Crippen molar-refractivity contribution in [3.63, 3.8) is 0 Å². The molecular formula is C12H18BrClN2O3S. The molecule has 0 saturated carbocycles. The van der Waals surface area contributed by atoms with Crippen LogP contribution in [0.3, 0.4) is 0 Å². The van der Waals surface area contributed by atoms with Gasteiger partial charge in [-0.05, 0) is 34.3 Å². The van der Waals surface area contributed by atoms with E-state index < -0.39 is 10.0 Å². The third-order valence-corrected chi connectivity index (χ3v) is 4.76. The van der Waals surface area contributed by atoms with Crippen molar-refractivity contribution in [1.29, 1.82) is 0 Å². The van der Waals surface area contributed by atoms with Crippen molar-refractivity contribution >= 4 is 37.6 Å². The van der Waals surface area contributed by atoms with Crippen molar-refractivity contribution < 1.29 is 13.2 Å². The van der Waals surface area contributed by atoms with Gasteiger partial charge in [-0.25, -0.2) is 18.1 Å². The Morgan fingerprint density at radius 3 is 2.80 bits per heavy atom. The highest BCUT2D eigenvalue weighted by atomic mass is 79.9. The predicted molar refractivity (Wildman–Crippen MR) is 82.4 cm³/mol. The third-order valence-electron chi connectivity index (χ3n) is 2.44. The lowest BCUT2D eigenvalue weighted by Crippen LogP contribution is -2.28. The molecular weight excluding hydrogens is 368 g/mol.